The summed E-state index contributed by atoms with van der Waals surface area (Å²) in [4.78, 5) is 26.1. The molecule has 0 unspecified atom stereocenters. The number of halogens is 1. The van der Waals surface area contributed by atoms with Gasteiger partial charge in [-0.3, -0.25) is 4.79 Å². The predicted molar refractivity (Wildman–Crippen MR) is 77.5 cm³/mol. The van der Waals surface area contributed by atoms with Crippen molar-refractivity contribution >= 4 is 34.8 Å². The summed E-state index contributed by atoms with van der Waals surface area (Å²) in [6.07, 6.45) is 0.305. The molecule has 7 heteroatoms. The topological polar surface area (TPSA) is 88.5 Å². The van der Waals surface area contributed by atoms with Crippen molar-refractivity contribution in [1.82, 2.24) is 10.3 Å². The molecule has 0 saturated heterocycles. The van der Waals surface area contributed by atoms with Crippen LogP contribution in [0.5, 0.6) is 5.75 Å². The first kappa shape index (κ1) is 15.1. The molecule has 1 heterocycles. The Morgan fingerprint density at radius 1 is 1.48 bits per heavy atom. The maximum atomic E-state index is 11.3. The van der Waals surface area contributed by atoms with Gasteiger partial charge in [-0.05, 0) is 6.92 Å². The summed E-state index contributed by atoms with van der Waals surface area (Å²) in [5.74, 6) is -0.943. The minimum atomic E-state index is -1.33. The van der Waals surface area contributed by atoms with Crippen LogP contribution in [0.3, 0.4) is 0 Å². The second kappa shape index (κ2) is 6.41. The minimum Gasteiger partial charge on any atom is -0.491 e. The molecule has 6 nitrogen and oxygen atoms in total. The summed E-state index contributed by atoms with van der Waals surface area (Å²) in [6.45, 7) is 2.10. The van der Waals surface area contributed by atoms with E-state index in [1.54, 1.807) is 31.2 Å². The van der Waals surface area contributed by atoms with Gasteiger partial charge in [0.25, 0.3) is 0 Å². The molecule has 110 valence electrons. The van der Waals surface area contributed by atoms with Crippen LogP contribution in [0.25, 0.3) is 10.8 Å². The van der Waals surface area contributed by atoms with Gasteiger partial charge in [-0.25, -0.2) is 9.78 Å². The molecule has 21 heavy (non-hydrogen) atoms. The van der Waals surface area contributed by atoms with Gasteiger partial charge in [0.1, 0.15) is 10.8 Å². The fourth-order valence-corrected chi connectivity index (χ4v) is 2.30. The molecule has 0 fully saturated rings. The average Bonchev–Trinajstić information content (AvgIpc) is 2.47. The molecule has 0 saturated carbocycles. The van der Waals surface area contributed by atoms with Crippen LogP contribution >= 0.6 is 11.6 Å². The number of aromatic nitrogens is 1. The lowest BCUT2D eigenvalue weighted by molar-refractivity contribution is -0.140. The maximum absolute atomic E-state index is 11.3. The third-order valence-corrected chi connectivity index (χ3v) is 3.18. The fourth-order valence-electron chi connectivity index (χ4n) is 2.04. The zero-order chi connectivity index (χ0) is 15.4. The molecule has 0 bridgehead atoms. The zero-order valence-electron chi connectivity index (χ0n) is 11.2. The average molecular weight is 309 g/mol. The van der Waals surface area contributed by atoms with E-state index in [-0.39, 0.29) is 10.8 Å². The Bertz CT molecular complexity index is 690. The van der Waals surface area contributed by atoms with E-state index >= 15 is 0 Å². The van der Waals surface area contributed by atoms with Crippen molar-refractivity contribution in [2.24, 2.45) is 0 Å². The Balaban J connectivity index is 2.74. The number of carbonyl (C=O) groups is 2. The molecule has 2 N–H and O–H groups in total. The molecule has 0 radical (unpaired) electrons. The first-order valence-corrected chi connectivity index (χ1v) is 6.61. The number of carboxylic acid groups (broad SMARTS) is 1. The minimum absolute atomic E-state index is 0.0696. The number of nitrogens with one attached hydrogen (secondary N) is 1. The summed E-state index contributed by atoms with van der Waals surface area (Å²) in [5, 5.41) is 12.9. The lowest BCUT2D eigenvalue weighted by Gasteiger charge is -2.18. The first-order valence-electron chi connectivity index (χ1n) is 6.23. The van der Waals surface area contributed by atoms with Crippen molar-refractivity contribution < 1.29 is 19.4 Å². The summed E-state index contributed by atoms with van der Waals surface area (Å²) >= 11 is 6.11. The molecule has 1 amide bonds. The lowest BCUT2D eigenvalue weighted by Crippen LogP contribution is -2.28. The van der Waals surface area contributed by atoms with E-state index in [1.165, 1.54) is 0 Å². The van der Waals surface area contributed by atoms with E-state index in [0.29, 0.717) is 29.5 Å². The second-order valence-electron chi connectivity index (χ2n) is 4.15. The van der Waals surface area contributed by atoms with Crippen LogP contribution in [0.2, 0.25) is 5.15 Å². The van der Waals surface area contributed by atoms with Gasteiger partial charge in [0, 0.05) is 10.8 Å². The van der Waals surface area contributed by atoms with Gasteiger partial charge in [0.05, 0.1) is 6.61 Å². The van der Waals surface area contributed by atoms with E-state index in [4.69, 9.17) is 16.3 Å². The molecule has 0 spiro atoms. The highest BCUT2D eigenvalue weighted by Crippen LogP contribution is 2.35. The van der Waals surface area contributed by atoms with E-state index in [9.17, 15) is 14.7 Å². The molecule has 0 aliphatic rings. The number of hydrogen-bond acceptors (Lipinski definition) is 4. The van der Waals surface area contributed by atoms with Crippen LogP contribution in [0, 0.1) is 0 Å². The number of carbonyl (C=O) groups excluding carboxylic acids is 1. The molecule has 2 rings (SSSR count). The van der Waals surface area contributed by atoms with Gasteiger partial charge < -0.3 is 15.2 Å². The Hall–Kier alpha value is -2.34. The van der Waals surface area contributed by atoms with Gasteiger partial charge in [0.15, 0.2) is 11.8 Å². The van der Waals surface area contributed by atoms with Crippen molar-refractivity contribution in [3.63, 3.8) is 0 Å². The quantitative estimate of drug-likeness (QED) is 0.630. The summed E-state index contributed by atoms with van der Waals surface area (Å²) < 4.78 is 5.54. The van der Waals surface area contributed by atoms with Gasteiger partial charge in [-0.2, -0.15) is 0 Å². The number of benzene rings is 1. The lowest BCUT2D eigenvalue weighted by atomic mass is 10.1. The van der Waals surface area contributed by atoms with E-state index in [0.717, 1.165) is 0 Å². The second-order valence-corrected chi connectivity index (χ2v) is 4.51. The highest BCUT2D eigenvalue weighted by molar-refractivity contribution is 6.34. The Labute approximate surface area is 125 Å². The number of aliphatic carboxylic acids is 1. The van der Waals surface area contributed by atoms with E-state index in [2.05, 4.69) is 10.3 Å². The van der Waals surface area contributed by atoms with Crippen molar-refractivity contribution in [2.75, 3.05) is 6.61 Å². The van der Waals surface area contributed by atoms with Crippen LogP contribution in [0.15, 0.2) is 24.3 Å². The SMILES string of the molecule is CCOc1c([C@H](NC=O)C(=O)O)nc(Cl)c2ccccc12. The Morgan fingerprint density at radius 3 is 2.71 bits per heavy atom. The maximum Gasteiger partial charge on any atom is 0.332 e. The third kappa shape index (κ3) is 2.90. The number of ether oxygens (including phenoxy) is 1. The van der Waals surface area contributed by atoms with Gasteiger partial charge in [-0.15, -0.1) is 0 Å². The summed E-state index contributed by atoms with van der Waals surface area (Å²) in [6, 6.07) is 5.78. The number of fused-ring (bicyclic) bond motifs is 1. The largest absolute Gasteiger partial charge is 0.491 e. The van der Waals surface area contributed by atoms with Crippen molar-refractivity contribution in [2.45, 2.75) is 13.0 Å². The Kier molecular flexibility index (Phi) is 4.59. The van der Waals surface area contributed by atoms with Crippen molar-refractivity contribution in [3.05, 3.63) is 35.1 Å². The normalized spacial score (nSPS) is 11.9. The van der Waals surface area contributed by atoms with Crippen molar-refractivity contribution in [3.8, 4) is 5.75 Å². The van der Waals surface area contributed by atoms with E-state index in [1.807, 2.05) is 0 Å². The van der Waals surface area contributed by atoms with Crippen LogP contribution in [-0.4, -0.2) is 29.1 Å². The number of hydrogen-bond donors (Lipinski definition) is 2. The molecular formula is C14H13ClN2O4. The van der Waals surface area contributed by atoms with Crippen LogP contribution < -0.4 is 10.1 Å². The van der Waals surface area contributed by atoms with E-state index < -0.39 is 12.0 Å². The molecule has 0 aliphatic heterocycles. The summed E-state index contributed by atoms with van der Waals surface area (Å²) in [7, 11) is 0. The zero-order valence-corrected chi connectivity index (χ0v) is 11.9. The first-order chi connectivity index (χ1) is 10.1. The monoisotopic (exact) mass is 308 g/mol. The third-order valence-electron chi connectivity index (χ3n) is 2.89. The standard InChI is InChI=1S/C14H13ClN2O4/c1-2-21-12-8-5-3-4-6-9(8)13(15)17-10(12)11(14(19)20)16-7-18/h3-7,11H,2H2,1H3,(H,16,18)(H,19,20)/t11-/m0/s1. The Morgan fingerprint density at radius 2 is 2.14 bits per heavy atom. The molecule has 2 aromatic rings. The number of carboxylic acids is 1. The van der Waals surface area contributed by atoms with Crippen LogP contribution in [-0.2, 0) is 9.59 Å². The molecule has 0 aliphatic carbocycles. The van der Waals surface area contributed by atoms with Crippen LogP contribution in [0.4, 0.5) is 0 Å². The van der Waals surface area contributed by atoms with Crippen molar-refractivity contribution in [1.29, 1.82) is 0 Å². The van der Waals surface area contributed by atoms with Gasteiger partial charge >= 0.3 is 5.97 Å². The molecule has 1 atom stereocenters. The smallest absolute Gasteiger partial charge is 0.332 e. The summed E-state index contributed by atoms with van der Waals surface area (Å²) in [5.41, 5.74) is 0.0696. The molecule has 1 aromatic heterocycles. The number of pyridine rings is 1. The predicted octanol–water partition coefficient (Wildman–Crippen LogP) is 2.16. The molecular weight excluding hydrogens is 296 g/mol. The number of rotatable bonds is 6. The van der Waals surface area contributed by atoms with Crippen LogP contribution in [0.1, 0.15) is 18.7 Å². The highest BCUT2D eigenvalue weighted by atomic mass is 35.5. The number of amides is 1. The highest BCUT2D eigenvalue weighted by Gasteiger charge is 2.27. The fraction of sp³-hybridized carbons (Fsp3) is 0.214. The van der Waals surface area contributed by atoms with Gasteiger partial charge in [-0.1, -0.05) is 35.9 Å². The van der Waals surface area contributed by atoms with Gasteiger partial charge in [0.2, 0.25) is 6.41 Å². The molecule has 1 aromatic carbocycles. The number of nitrogens with zero attached hydrogens (tertiary/aromatic N) is 1.